The van der Waals surface area contributed by atoms with Crippen LogP contribution >= 0.6 is 0 Å². The predicted molar refractivity (Wildman–Crippen MR) is 85.3 cm³/mol. The molecule has 0 heterocycles. The Morgan fingerprint density at radius 1 is 1.00 bits per heavy atom. The molecule has 1 rings (SSSR count). The SMILES string of the molecule is C[Si](C)(C)N(COC(=O)c1ccccc1)[Si](C)(C)C. The molecule has 106 valence electrons. The average Bonchev–Trinajstić information content (AvgIpc) is 2.26. The Labute approximate surface area is 118 Å². The molecule has 0 aliphatic rings. The second-order valence-electron chi connectivity index (χ2n) is 6.70. The van der Waals surface area contributed by atoms with Gasteiger partial charge in [-0.2, -0.15) is 0 Å². The van der Waals surface area contributed by atoms with E-state index in [0.717, 1.165) is 0 Å². The second kappa shape index (κ2) is 6.02. The molecule has 5 heteroatoms. The number of carbonyl (C=O) groups is 1. The smallest absolute Gasteiger partial charge is 0.339 e. The normalized spacial score (nSPS) is 12.6. The quantitative estimate of drug-likeness (QED) is 0.470. The molecule has 0 fully saturated rings. The van der Waals surface area contributed by atoms with E-state index in [0.29, 0.717) is 12.3 Å². The molecule has 0 N–H and O–H groups in total. The first-order valence-corrected chi connectivity index (χ1v) is 13.5. The Bertz CT molecular complexity index is 407. The van der Waals surface area contributed by atoms with Crippen molar-refractivity contribution in [3.8, 4) is 0 Å². The van der Waals surface area contributed by atoms with Crippen LogP contribution in [0.1, 0.15) is 10.4 Å². The zero-order valence-electron chi connectivity index (χ0n) is 12.9. The number of ether oxygens (including phenoxy) is 1. The van der Waals surface area contributed by atoms with Crippen LogP contribution in [0.25, 0.3) is 0 Å². The number of hydrogen-bond acceptors (Lipinski definition) is 3. The van der Waals surface area contributed by atoms with Crippen LogP contribution in [0, 0.1) is 0 Å². The highest BCUT2D eigenvalue weighted by Gasteiger charge is 2.35. The molecule has 0 aliphatic heterocycles. The summed E-state index contributed by atoms with van der Waals surface area (Å²) in [7, 11) is -2.94. The van der Waals surface area contributed by atoms with Crippen molar-refractivity contribution in [2.45, 2.75) is 39.3 Å². The summed E-state index contributed by atoms with van der Waals surface area (Å²) in [6, 6.07) is 9.18. The topological polar surface area (TPSA) is 29.5 Å². The highest BCUT2D eigenvalue weighted by atomic mass is 28.4. The van der Waals surface area contributed by atoms with E-state index in [9.17, 15) is 4.79 Å². The Kier molecular flexibility index (Phi) is 5.12. The van der Waals surface area contributed by atoms with Gasteiger partial charge in [0.25, 0.3) is 0 Å². The van der Waals surface area contributed by atoms with E-state index in [-0.39, 0.29) is 5.97 Å². The van der Waals surface area contributed by atoms with Crippen molar-refractivity contribution in [3.05, 3.63) is 35.9 Å². The van der Waals surface area contributed by atoms with Gasteiger partial charge >= 0.3 is 5.97 Å². The molecule has 0 aromatic heterocycles. The van der Waals surface area contributed by atoms with Crippen LogP contribution in [0.3, 0.4) is 0 Å². The summed E-state index contributed by atoms with van der Waals surface area (Å²) in [5, 5.41) is 0. The first-order valence-electron chi connectivity index (χ1n) is 6.62. The molecule has 0 unspecified atom stereocenters. The lowest BCUT2D eigenvalue weighted by molar-refractivity contribution is 0.0423. The fraction of sp³-hybridized carbons (Fsp3) is 0.500. The van der Waals surface area contributed by atoms with E-state index in [2.05, 4.69) is 43.5 Å². The molecule has 0 radical (unpaired) electrons. The van der Waals surface area contributed by atoms with Crippen LogP contribution in [0.15, 0.2) is 30.3 Å². The minimum Gasteiger partial charge on any atom is -0.447 e. The maximum atomic E-state index is 12.0. The lowest BCUT2D eigenvalue weighted by Gasteiger charge is -2.42. The fourth-order valence-electron chi connectivity index (χ4n) is 2.17. The van der Waals surface area contributed by atoms with Gasteiger partial charge in [0.15, 0.2) is 0 Å². The number of hydrogen-bond donors (Lipinski definition) is 0. The molecule has 0 bridgehead atoms. The Hall–Kier alpha value is -0.916. The lowest BCUT2D eigenvalue weighted by atomic mass is 10.2. The van der Waals surface area contributed by atoms with E-state index in [4.69, 9.17) is 4.74 Å². The number of esters is 1. The summed E-state index contributed by atoms with van der Waals surface area (Å²) in [6.45, 7) is 14.2. The predicted octanol–water partition coefficient (Wildman–Crippen LogP) is 3.77. The summed E-state index contributed by atoms with van der Waals surface area (Å²) in [5.74, 6) is -0.234. The molecule has 1 aromatic carbocycles. The zero-order valence-corrected chi connectivity index (χ0v) is 14.9. The summed E-state index contributed by atoms with van der Waals surface area (Å²) >= 11 is 0. The minimum atomic E-state index is -1.47. The van der Waals surface area contributed by atoms with Gasteiger partial charge in [-0.25, -0.2) is 4.79 Å². The minimum absolute atomic E-state index is 0.234. The van der Waals surface area contributed by atoms with Gasteiger partial charge in [0.1, 0.15) is 23.2 Å². The number of carbonyl (C=O) groups excluding carboxylic acids is 1. The number of rotatable bonds is 5. The monoisotopic (exact) mass is 295 g/mol. The van der Waals surface area contributed by atoms with Crippen LogP contribution in [-0.4, -0.2) is 33.4 Å². The number of benzene rings is 1. The molecule has 3 nitrogen and oxygen atoms in total. The van der Waals surface area contributed by atoms with Gasteiger partial charge in [-0.05, 0) is 12.1 Å². The van der Waals surface area contributed by atoms with Gasteiger partial charge < -0.3 is 8.97 Å². The van der Waals surface area contributed by atoms with Gasteiger partial charge in [0.2, 0.25) is 0 Å². The van der Waals surface area contributed by atoms with E-state index in [1.807, 2.05) is 18.2 Å². The van der Waals surface area contributed by atoms with Gasteiger partial charge in [0, 0.05) is 0 Å². The fourth-order valence-corrected chi connectivity index (χ4v) is 11.1. The summed E-state index contributed by atoms with van der Waals surface area (Å²) in [5.41, 5.74) is 0.619. The molecule has 0 amide bonds. The van der Waals surface area contributed by atoms with Gasteiger partial charge in [0.05, 0.1) is 5.56 Å². The van der Waals surface area contributed by atoms with Crippen LogP contribution in [0.4, 0.5) is 0 Å². The van der Waals surface area contributed by atoms with E-state index in [1.165, 1.54) is 0 Å². The van der Waals surface area contributed by atoms with E-state index < -0.39 is 16.5 Å². The van der Waals surface area contributed by atoms with Crippen molar-refractivity contribution >= 4 is 22.4 Å². The molecule has 0 atom stereocenters. The molecule has 1 aromatic rings. The highest BCUT2D eigenvalue weighted by molar-refractivity contribution is 6.89. The van der Waals surface area contributed by atoms with Crippen LogP contribution in [-0.2, 0) is 4.74 Å². The van der Waals surface area contributed by atoms with Crippen LogP contribution in [0.5, 0.6) is 0 Å². The third-order valence-electron chi connectivity index (χ3n) is 2.95. The Morgan fingerprint density at radius 3 is 1.89 bits per heavy atom. The second-order valence-corrected chi connectivity index (χ2v) is 16.9. The standard InChI is InChI=1S/C14H25NO2Si2/c1-18(2,3)15(19(4,5)6)12-17-14(16)13-10-8-7-9-11-13/h7-11H,12H2,1-6H3. The highest BCUT2D eigenvalue weighted by Crippen LogP contribution is 2.19. The maximum absolute atomic E-state index is 12.0. The van der Waals surface area contributed by atoms with E-state index >= 15 is 0 Å². The third-order valence-corrected chi connectivity index (χ3v) is 10.5. The maximum Gasteiger partial charge on any atom is 0.339 e. The van der Waals surface area contributed by atoms with Crippen molar-refractivity contribution in [2.75, 3.05) is 6.73 Å². The van der Waals surface area contributed by atoms with Crippen molar-refractivity contribution < 1.29 is 9.53 Å². The van der Waals surface area contributed by atoms with Crippen molar-refractivity contribution in [1.29, 1.82) is 0 Å². The number of nitrogens with zero attached hydrogens (tertiary/aromatic N) is 1. The first kappa shape index (κ1) is 16.1. The van der Waals surface area contributed by atoms with Crippen molar-refractivity contribution in [2.24, 2.45) is 0 Å². The average molecular weight is 296 g/mol. The molecule has 0 saturated carbocycles. The van der Waals surface area contributed by atoms with Crippen LogP contribution < -0.4 is 0 Å². The third kappa shape index (κ3) is 4.93. The lowest BCUT2D eigenvalue weighted by Crippen LogP contribution is -2.59. The van der Waals surface area contributed by atoms with Gasteiger partial charge in [-0.15, -0.1) is 0 Å². The van der Waals surface area contributed by atoms with Gasteiger partial charge in [-0.3, -0.25) is 0 Å². The molecular weight excluding hydrogens is 270 g/mol. The molecular formula is C14H25NO2Si2. The van der Waals surface area contributed by atoms with Crippen molar-refractivity contribution in [3.63, 3.8) is 0 Å². The summed E-state index contributed by atoms with van der Waals surface area (Å²) < 4.78 is 7.94. The molecule has 19 heavy (non-hydrogen) atoms. The summed E-state index contributed by atoms with van der Waals surface area (Å²) in [6.07, 6.45) is 0. The van der Waals surface area contributed by atoms with Gasteiger partial charge in [-0.1, -0.05) is 57.5 Å². The zero-order chi connectivity index (χ0) is 14.7. The Morgan fingerprint density at radius 2 is 1.47 bits per heavy atom. The summed E-state index contributed by atoms with van der Waals surface area (Å²) in [4.78, 5) is 12.0. The van der Waals surface area contributed by atoms with Crippen molar-refractivity contribution in [1.82, 2.24) is 4.23 Å². The van der Waals surface area contributed by atoms with Crippen LogP contribution in [0.2, 0.25) is 39.3 Å². The molecule has 0 saturated heterocycles. The molecule has 0 spiro atoms. The Balaban J connectivity index is 2.71. The largest absolute Gasteiger partial charge is 0.447 e. The first-order chi connectivity index (χ1) is 8.62. The van der Waals surface area contributed by atoms with E-state index in [1.54, 1.807) is 12.1 Å². The molecule has 0 aliphatic carbocycles.